The van der Waals surface area contributed by atoms with Gasteiger partial charge in [0, 0.05) is 0 Å². The summed E-state index contributed by atoms with van der Waals surface area (Å²) < 4.78 is 9.48. The Balaban J connectivity index is 0. The van der Waals surface area contributed by atoms with Crippen LogP contribution < -0.4 is 0 Å². The molecule has 0 unspecified atom stereocenters. The summed E-state index contributed by atoms with van der Waals surface area (Å²) in [6.07, 6.45) is 13.4. The molecule has 0 aromatic rings. The molecule has 0 aromatic heterocycles. The van der Waals surface area contributed by atoms with Crippen LogP contribution in [-0.4, -0.2) is 20.0 Å². The van der Waals surface area contributed by atoms with Crippen LogP contribution in [0, 0.1) is 0 Å². The fraction of sp³-hybridized carbons (Fsp3) is 0.692. The molecule has 0 fully saturated rings. The summed E-state index contributed by atoms with van der Waals surface area (Å²) in [5, 5.41) is 0. The van der Waals surface area contributed by atoms with Crippen molar-refractivity contribution in [3.8, 4) is 0 Å². The number of allylic oxidation sites excluding steroid dienone is 4. The molecule has 108 valence electrons. The van der Waals surface area contributed by atoms with Crippen LogP contribution in [0.3, 0.4) is 0 Å². The summed E-state index contributed by atoms with van der Waals surface area (Å²) in [4.78, 5) is 0. The van der Waals surface area contributed by atoms with E-state index in [4.69, 9.17) is 4.74 Å². The van der Waals surface area contributed by atoms with Gasteiger partial charge in [0.2, 0.25) is 0 Å². The zero-order valence-corrected chi connectivity index (χ0v) is 17.4. The molecule has 0 aliphatic heterocycles. The largest absolute Gasteiger partial charge is 0.147 e. The normalized spacial score (nSPS) is 15.1. The Morgan fingerprint density at radius 3 is 1.94 bits per heavy atom. The topological polar surface area (TPSA) is 9.23 Å². The van der Waals surface area contributed by atoms with E-state index in [2.05, 4.69) is 38.2 Å². The van der Waals surface area contributed by atoms with E-state index in [0.717, 1.165) is 9.86 Å². The maximum absolute atomic E-state index is 5.42. The Kier molecular flexibility index (Phi) is 14.2. The Labute approximate surface area is 131 Å². The van der Waals surface area contributed by atoms with Crippen LogP contribution in [0.2, 0.25) is 11.9 Å². The molecular weight excluding hydrogens is 362 g/mol. The second-order valence-electron chi connectivity index (χ2n) is 4.90. The molecule has 0 amide bonds. The molecule has 0 N–H and O–H groups in total. The van der Waals surface area contributed by atoms with Crippen LogP contribution >= 0.6 is 24.8 Å². The third kappa shape index (κ3) is 6.05. The third-order valence-electron chi connectivity index (χ3n) is 3.75. The quantitative estimate of drug-likeness (QED) is 0.563. The van der Waals surface area contributed by atoms with Gasteiger partial charge in [-0.1, -0.05) is 0 Å². The molecule has 0 bridgehead atoms. The molecule has 0 atom stereocenters. The second-order valence-corrected chi connectivity index (χ2v) is 28.6. The monoisotopic (exact) mass is 388 g/mol. The first-order valence-electron chi connectivity index (χ1n) is 6.63. The fourth-order valence-electron chi connectivity index (χ4n) is 3.02. The van der Waals surface area contributed by atoms with E-state index < -0.39 is 19.4 Å². The van der Waals surface area contributed by atoms with Gasteiger partial charge < -0.3 is 0 Å². The van der Waals surface area contributed by atoms with Gasteiger partial charge in [0.15, 0.2) is 0 Å². The number of ether oxygens (including phenoxy) is 1. The number of halogens is 2. The molecule has 1 aliphatic rings. The maximum Gasteiger partial charge on any atom is -0.147 e. The van der Waals surface area contributed by atoms with Crippen molar-refractivity contribution in [1.82, 2.24) is 0 Å². The van der Waals surface area contributed by atoms with Crippen molar-refractivity contribution in [1.29, 1.82) is 0 Å². The van der Waals surface area contributed by atoms with Crippen molar-refractivity contribution in [3.05, 3.63) is 24.3 Å². The summed E-state index contributed by atoms with van der Waals surface area (Å²) in [5.41, 5.74) is 0. The summed E-state index contributed by atoms with van der Waals surface area (Å²) in [7, 11) is 1.88. The minimum atomic E-state index is -1.87. The van der Waals surface area contributed by atoms with Crippen LogP contribution in [0.4, 0.5) is 0 Å². The van der Waals surface area contributed by atoms with Crippen molar-refractivity contribution in [2.24, 2.45) is 0 Å². The Morgan fingerprint density at radius 1 is 1.06 bits per heavy atom. The van der Waals surface area contributed by atoms with Crippen molar-refractivity contribution >= 4 is 31.5 Å². The molecule has 5 heteroatoms. The van der Waals surface area contributed by atoms with Crippen LogP contribution in [0.1, 0.15) is 26.7 Å². The third-order valence-corrected chi connectivity index (χ3v) is 33.0. The Bertz CT molecular complexity index is 241. The molecule has 1 aliphatic carbocycles. The van der Waals surface area contributed by atoms with E-state index in [9.17, 15) is 0 Å². The van der Waals surface area contributed by atoms with Gasteiger partial charge in [0.25, 0.3) is 0 Å². The molecule has 1 nitrogen and oxygen atoms in total. The zero-order valence-electron chi connectivity index (χ0n) is 11.9. The van der Waals surface area contributed by atoms with E-state index in [1.54, 1.807) is 8.26 Å². The van der Waals surface area contributed by atoms with Gasteiger partial charge in [-0.25, -0.2) is 0 Å². The average Bonchev–Trinajstić information content (AvgIpc) is 2.80. The van der Waals surface area contributed by atoms with Gasteiger partial charge >= 0.3 is 107 Å². The molecule has 0 aromatic carbocycles. The van der Waals surface area contributed by atoms with Crippen molar-refractivity contribution < 1.29 is 24.2 Å². The van der Waals surface area contributed by atoms with E-state index in [0.29, 0.717) is 0 Å². The van der Waals surface area contributed by atoms with E-state index >= 15 is 0 Å². The first kappa shape index (κ1) is 21.4. The van der Waals surface area contributed by atoms with Gasteiger partial charge in [-0.2, -0.15) is 0 Å². The fourth-order valence-corrected chi connectivity index (χ4v) is 30.6. The minimum Gasteiger partial charge on any atom is -0.147 e. The second kappa shape index (κ2) is 11.9. The summed E-state index contributed by atoms with van der Waals surface area (Å²) >= 11 is -1.87. The maximum atomic E-state index is 5.42. The van der Waals surface area contributed by atoms with Crippen LogP contribution in [0.5, 0.6) is 0 Å². The summed E-state index contributed by atoms with van der Waals surface area (Å²) in [6.45, 7) is 4.78. The zero-order chi connectivity index (χ0) is 11.9. The molecule has 0 spiro atoms. The summed E-state index contributed by atoms with van der Waals surface area (Å²) in [6, 6.07) is 0. The predicted octanol–water partition coefficient (Wildman–Crippen LogP) is 4.24. The molecule has 0 saturated heterocycles. The molecule has 18 heavy (non-hydrogen) atoms. The molecule has 0 heterocycles. The number of methoxy groups -OCH3 is 1. The molecule has 1 rings (SSSR count). The Morgan fingerprint density at radius 2 is 1.56 bits per heavy atom. The van der Waals surface area contributed by atoms with E-state index in [1.165, 1.54) is 12.8 Å². The van der Waals surface area contributed by atoms with Gasteiger partial charge in [0.1, 0.15) is 0 Å². The predicted molar refractivity (Wildman–Crippen MR) is 87.1 cm³/mol. The van der Waals surface area contributed by atoms with Crippen molar-refractivity contribution in [2.45, 2.75) is 38.6 Å². The van der Waals surface area contributed by atoms with Crippen LogP contribution in [-0.2, 0) is 24.2 Å². The number of hydrogen-bond donors (Lipinski definition) is 0. The molecular formula is C13H28Cl2OSiZr. The van der Waals surface area contributed by atoms with Gasteiger partial charge in [-0.3, -0.25) is 0 Å². The number of hydrogen-bond acceptors (Lipinski definition) is 1. The first-order valence-corrected chi connectivity index (χ1v) is 18.4. The van der Waals surface area contributed by atoms with E-state index in [1.807, 2.05) is 7.11 Å². The standard InChI is InChI=1S/C5H5.2C3H7.C2H7OSi.2ClH.Zr/c1-2-4-5-3-1;2*1-3-2;1-3-2-4;;;/h1-5H;2*1,3H2,2H3;2,4H2,1H3;2*1H;. The van der Waals surface area contributed by atoms with Crippen LogP contribution in [0.15, 0.2) is 24.3 Å². The molecule has 0 radical (unpaired) electrons. The SMILES string of the molecule is CC[CH2][Zr]([CH2]CC)([SiH2]COC)[CH]1C=CC=C1.Cl.Cl. The van der Waals surface area contributed by atoms with Gasteiger partial charge in [0.05, 0.1) is 0 Å². The Hall–Kier alpha value is 1.12. The molecule has 0 saturated carbocycles. The van der Waals surface area contributed by atoms with Crippen LogP contribution in [0.25, 0.3) is 0 Å². The first-order chi connectivity index (χ1) is 7.79. The van der Waals surface area contributed by atoms with Gasteiger partial charge in [-0.05, 0) is 0 Å². The van der Waals surface area contributed by atoms with E-state index in [-0.39, 0.29) is 31.5 Å². The number of rotatable bonds is 8. The van der Waals surface area contributed by atoms with Crippen molar-refractivity contribution in [2.75, 3.05) is 13.3 Å². The average molecular weight is 391 g/mol. The van der Waals surface area contributed by atoms with Crippen molar-refractivity contribution in [3.63, 3.8) is 0 Å². The minimum absolute atomic E-state index is 0. The smallest absolute Gasteiger partial charge is 0.147 e. The van der Waals surface area contributed by atoms with Gasteiger partial charge in [-0.15, -0.1) is 24.8 Å². The summed E-state index contributed by atoms with van der Waals surface area (Å²) in [5.74, 6) is 0.